The summed E-state index contributed by atoms with van der Waals surface area (Å²) in [6, 6.07) is 15.0. The Morgan fingerprint density at radius 3 is 2.04 bits per heavy atom. The fraction of sp³-hybridized carbons (Fsp3) is 0. The fourth-order valence-electron chi connectivity index (χ4n) is 1.78. The van der Waals surface area contributed by atoms with Crippen LogP contribution >= 0.6 is 23.2 Å². The first-order valence-electron chi connectivity index (χ1n) is 6.29. The molecule has 126 valence electrons. The molecule has 0 bridgehead atoms. The van der Waals surface area contributed by atoms with E-state index in [2.05, 4.69) is 10.1 Å². The number of nitrogens with zero attached hydrogens (tertiary/aromatic N) is 3. The monoisotopic (exact) mass is 389 g/mol. The Morgan fingerprint density at radius 1 is 0.958 bits per heavy atom. The number of benzene rings is 2. The van der Waals surface area contributed by atoms with Crippen molar-refractivity contribution >= 4 is 23.2 Å². The maximum atomic E-state index is 8.60. The highest BCUT2D eigenvalue weighted by atomic mass is 35.7. The Labute approximate surface area is 149 Å². The third-order valence-corrected chi connectivity index (χ3v) is 3.07. The lowest BCUT2D eigenvalue weighted by Gasteiger charge is -2.03. The van der Waals surface area contributed by atoms with E-state index in [-0.39, 0.29) is 0 Å². The molecule has 0 aliphatic rings. The van der Waals surface area contributed by atoms with Crippen molar-refractivity contribution in [3.8, 4) is 17.1 Å². The van der Waals surface area contributed by atoms with Gasteiger partial charge in [0.25, 0.3) is 0 Å². The predicted octanol–water partition coefficient (Wildman–Crippen LogP) is 0.117. The highest BCUT2D eigenvalue weighted by Crippen LogP contribution is 2.22. The van der Waals surface area contributed by atoms with E-state index >= 15 is 0 Å². The first-order valence-corrected chi connectivity index (χ1v) is 8.31. The molecule has 24 heavy (non-hydrogen) atoms. The van der Waals surface area contributed by atoms with E-state index in [0.717, 1.165) is 11.3 Å². The van der Waals surface area contributed by atoms with E-state index in [1.807, 2.05) is 30.3 Å². The summed E-state index contributed by atoms with van der Waals surface area (Å²) in [6.45, 7) is 0. The zero-order valence-corrected chi connectivity index (χ0v) is 14.1. The zero-order valence-electron chi connectivity index (χ0n) is 11.8. The minimum atomic E-state index is -4.69. The maximum absolute atomic E-state index is 8.60. The molecule has 1 heterocycles. The Kier molecular flexibility index (Phi) is 6.14. The molecule has 0 spiro atoms. The van der Waals surface area contributed by atoms with Crippen molar-refractivity contribution in [1.29, 1.82) is 0 Å². The van der Waals surface area contributed by atoms with E-state index < -0.39 is 10.2 Å². The Bertz CT molecular complexity index is 780. The van der Waals surface area contributed by atoms with Crippen molar-refractivity contribution in [1.82, 2.24) is 14.8 Å². The molecule has 0 saturated carbocycles. The maximum Gasteiger partial charge on any atom is 0.181 e. The van der Waals surface area contributed by atoms with Crippen LogP contribution in [0.1, 0.15) is 0 Å². The molecule has 0 fully saturated rings. The molecule has 0 aliphatic carbocycles. The molecule has 10 heteroatoms. The molecule has 2 aromatic carbocycles. The quantitative estimate of drug-likeness (QED) is 0.663. The van der Waals surface area contributed by atoms with Crippen molar-refractivity contribution in [2.24, 2.45) is 0 Å². The van der Waals surface area contributed by atoms with Crippen LogP contribution in [-0.2, 0) is 0 Å². The predicted molar refractivity (Wildman–Crippen MR) is 79.0 cm³/mol. The Hall–Kier alpha value is -1.71. The van der Waals surface area contributed by atoms with E-state index in [9.17, 15) is 0 Å². The minimum Gasteiger partial charge on any atom is -0.220 e. The smallest absolute Gasteiger partial charge is 0.181 e. The molecule has 3 aromatic rings. The highest BCUT2D eigenvalue weighted by molar-refractivity contribution is 6.34. The van der Waals surface area contributed by atoms with Gasteiger partial charge >= 0.3 is 0 Å². The molecule has 3 rings (SSSR count). The van der Waals surface area contributed by atoms with Crippen molar-refractivity contribution in [3.63, 3.8) is 0 Å². The number of hydrogen-bond acceptors (Lipinski definition) is 6. The van der Waals surface area contributed by atoms with Gasteiger partial charge in [-0.25, -0.2) is 9.67 Å². The number of rotatable bonds is 2. The summed E-state index contributed by atoms with van der Waals surface area (Å²) in [4.78, 5) is 4.29. The lowest BCUT2D eigenvalue weighted by atomic mass is 10.2. The lowest BCUT2D eigenvalue weighted by Crippen LogP contribution is -2.58. The van der Waals surface area contributed by atoms with E-state index in [0.29, 0.717) is 15.9 Å². The lowest BCUT2D eigenvalue weighted by molar-refractivity contribution is -1.92. The van der Waals surface area contributed by atoms with Gasteiger partial charge in [0.1, 0.15) is 6.33 Å². The summed E-state index contributed by atoms with van der Waals surface area (Å²) in [6.07, 6.45) is 1.64. The van der Waals surface area contributed by atoms with Gasteiger partial charge in [0.2, 0.25) is 0 Å². The SMILES string of the molecule is Clc1cc(Cl)cc(-n2cnc(-c3ccccc3)n2)c1.[O-][Cl+3]([O-])([O-])O. The normalized spacial score (nSPS) is 10.9. The molecule has 0 saturated heterocycles. The number of aromatic nitrogens is 3. The Morgan fingerprint density at radius 2 is 1.50 bits per heavy atom. The van der Waals surface area contributed by atoms with Gasteiger partial charge in [-0.1, -0.05) is 53.5 Å². The van der Waals surface area contributed by atoms with Gasteiger partial charge in [-0.2, -0.15) is 14.0 Å². The van der Waals surface area contributed by atoms with E-state index in [4.69, 9.17) is 41.8 Å². The van der Waals surface area contributed by atoms with Crippen LogP contribution in [0.2, 0.25) is 10.0 Å². The summed E-state index contributed by atoms with van der Waals surface area (Å²) in [5.74, 6) is 0.664. The second kappa shape index (κ2) is 7.91. The molecule has 1 aromatic heterocycles. The van der Waals surface area contributed by atoms with Gasteiger partial charge in [-0.15, -0.1) is 5.10 Å². The van der Waals surface area contributed by atoms with Crippen LogP contribution < -0.4 is 14.0 Å². The molecular weight excluding hydrogens is 381 g/mol. The summed E-state index contributed by atoms with van der Waals surface area (Å²) >= 11 is 12.0. The van der Waals surface area contributed by atoms with Crippen LogP contribution in [0.4, 0.5) is 0 Å². The van der Waals surface area contributed by atoms with Crippen molar-refractivity contribution in [3.05, 3.63) is 64.9 Å². The Balaban J connectivity index is 0.000000368. The zero-order chi connectivity index (χ0) is 17.7. The van der Waals surface area contributed by atoms with E-state index in [1.54, 1.807) is 29.2 Å². The van der Waals surface area contributed by atoms with Crippen LogP contribution in [0.15, 0.2) is 54.9 Å². The molecule has 1 N–H and O–H groups in total. The average Bonchev–Trinajstić information content (AvgIpc) is 2.95. The van der Waals surface area contributed by atoms with Gasteiger partial charge in [-0.05, 0) is 18.2 Å². The van der Waals surface area contributed by atoms with Gasteiger partial charge in [0, 0.05) is 15.6 Å². The van der Waals surface area contributed by atoms with E-state index in [1.165, 1.54) is 0 Å². The van der Waals surface area contributed by atoms with Gasteiger partial charge in [-0.3, -0.25) is 0 Å². The van der Waals surface area contributed by atoms with Crippen LogP contribution in [0.5, 0.6) is 0 Å². The first-order chi connectivity index (χ1) is 11.2. The molecule has 0 unspecified atom stereocenters. The second-order valence-corrected chi connectivity index (χ2v) is 6.07. The van der Waals surface area contributed by atoms with Gasteiger partial charge in [0.15, 0.2) is 5.82 Å². The summed E-state index contributed by atoms with van der Waals surface area (Å²) in [7, 11) is -4.69. The van der Waals surface area contributed by atoms with Crippen molar-refractivity contribution < 1.29 is 28.9 Å². The third-order valence-electron chi connectivity index (χ3n) is 2.64. The minimum absolute atomic E-state index is 0.569. The number of hydrogen-bond donors (Lipinski definition) is 1. The second-order valence-electron chi connectivity index (χ2n) is 4.40. The summed E-state index contributed by atoms with van der Waals surface area (Å²) < 4.78 is 34.4. The average molecular weight is 391 g/mol. The van der Waals surface area contributed by atoms with Crippen LogP contribution in [0, 0.1) is 10.2 Å². The van der Waals surface area contributed by atoms with Crippen LogP contribution in [-0.4, -0.2) is 19.4 Å². The molecule has 7 nitrogen and oxygen atoms in total. The standard InChI is InChI=1S/C14H9Cl2N3.ClHO4/c15-11-6-12(16)8-13(7-11)19-9-17-14(18-19)10-4-2-1-3-5-10;2-1(3,4)5/h1-9H;(H,2,3,4,5). The van der Waals surface area contributed by atoms with Crippen LogP contribution in [0.3, 0.4) is 0 Å². The molecule has 0 radical (unpaired) electrons. The first kappa shape index (κ1) is 18.6. The summed E-state index contributed by atoms with van der Waals surface area (Å²) in [5.41, 5.74) is 1.75. The van der Waals surface area contributed by atoms with Crippen molar-refractivity contribution in [2.45, 2.75) is 0 Å². The van der Waals surface area contributed by atoms with Gasteiger partial charge < -0.3 is 0 Å². The highest BCUT2D eigenvalue weighted by Gasteiger charge is 2.06. The fourth-order valence-corrected chi connectivity index (χ4v) is 2.29. The largest absolute Gasteiger partial charge is 0.220 e. The molecule has 0 aliphatic heterocycles. The van der Waals surface area contributed by atoms with Crippen molar-refractivity contribution in [2.75, 3.05) is 0 Å². The number of halogens is 3. The topological polar surface area (TPSA) is 120 Å². The molecule has 0 atom stereocenters. The molecular formula is C14H10Cl3N3O4. The third kappa shape index (κ3) is 6.06. The molecule has 0 amide bonds. The summed E-state index contributed by atoms with van der Waals surface area (Å²) in [5, 5.41) is 5.56. The van der Waals surface area contributed by atoms with Crippen LogP contribution in [0.25, 0.3) is 17.1 Å². The van der Waals surface area contributed by atoms with Gasteiger partial charge in [0.05, 0.1) is 20.6 Å².